The molecule has 4 atom stereocenters. The summed E-state index contributed by atoms with van der Waals surface area (Å²) in [6.45, 7) is 2.38. The van der Waals surface area contributed by atoms with E-state index in [1.807, 2.05) is 79.7 Å². The summed E-state index contributed by atoms with van der Waals surface area (Å²) in [6.07, 6.45) is 6.69. The Morgan fingerprint density at radius 1 is 1.09 bits per heavy atom. The first-order chi connectivity index (χ1) is 16.2. The highest BCUT2D eigenvalue weighted by Gasteiger charge is 2.38. The summed E-state index contributed by atoms with van der Waals surface area (Å²) >= 11 is 0. The second-order valence-corrected chi connectivity index (χ2v) is 8.99. The lowest BCUT2D eigenvalue weighted by atomic mass is 9.71. The predicted molar refractivity (Wildman–Crippen MR) is 134 cm³/mol. The lowest BCUT2D eigenvalue weighted by Crippen LogP contribution is -2.47. The third-order valence-electron chi connectivity index (χ3n) is 6.55. The zero-order valence-electron chi connectivity index (χ0n) is 19.5. The number of aryl methyl sites for hydroxylation is 1. The molecule has 7 nitrogen and oxygen atoms in total. The molecular weight excluding hydrogens is 428 g/mol. The molecule has 0 heterocycles. The van der Waals surface area contributed by atoms with Crippen LogP contribution in [0.15, 0.2) is 78.5 Å². The number of benzene rings is 2. The van der Waals surface area contributed by atoms with Crippen LogP contribution in [0.2, 0.25) is 0 Å². The Balaban J connectivity index is 1.78. The van der Waals surface area contributed by atoms with Crippen molar-refractivity contribution >= 4 is 11.9 Å². The van der Waals surface area contributed by atoms with Crippen molar-refractivity contribution in [2.24, 2.45) is 22.6 Å². The van der Waals surface area contributed by atoms with Gasteiger partial charge in [-0.2, -0.15) is 0 Å². The van der Waals surface area contributed by atoms with Gasteiger partial charge in [-0.3, -0.25) is 9.59 Å². The van der Waals surface area contributed by atoms with Gasteiger partial charge >= 0.3 is 5.97 Å². The summed E-state index contributed by atoms with van der Waals surface area (Å²) in [7, 11) is 0. The monoisotopic (exact) mass is 462 g/mol. The van der Waals surface area contributed by atoms with Gasteiger partial charge in [0.15, 0.2) is 0 Å². The maximum absolute atomic E-state index is 13.1. The average Bonchev–Trinajstić information content (AvgIpc) is 2.84. The Bertz CT molecular complexity index is 1050. The summed E-state index contributed by atoms with van der Waals surface area (Å²) in [6, 6.07) is 16.5. The Hall–Kier alpha value is -3.26. The average molecular weight is 463 g/mol. The number of carboxylic acid groups (broad SMARTS) is 1. The maximum atomic E-state index is 13.1. The minimum atomic E-state index is -0.825. The molecule has 0 saturated heterocycles. The molecule has 2 aromatic rings. The molecule has 0 fully saturated rings. The molecule has 0 radical (unpaired) electrons. The van der Waals surface area contributed by atoms with E-state index in [1.54, 1.807) is 0 Å². The smallest absolute Gasteiger partial charge is 0.303 e. The molecule has 7 heteroatoms. The van der Waals surface area contributed by atoms with Crippen LogP contribution in [0.1, 0.15) is 48.4 Å². The fourth-order valence-electron chi connectivity index (χ4n) is 4.30. The third kappa shape index (κ3) is 5.99. The molecule has 8 N–H and O–H groups in total. The molecule has 4 unspecified atom stereocenters. The van der Waals surface area contributed by atoms with E-state index >= 15 is 0 Å². The molecule has 0 aliphatic heterocycles. The van der Waals surface area contributed by atoms with Crippen LogP contribution in [-0.4, -0.2) is 29.6 Å². The van der Waals surface area contributed by atoms with Crippen molar-refractivity contribution in [1.29, 1.82) is 0 Å². The summed E-state index contributed by atoms with van der Waals surface area (Å²) in [5.74, 6) is -1.30. The quantitative estimate of drug-likeness (QED) is 0.367. The lowest BCUT2D eigenvalue weighted by Gasteiger charge is -2.39. The lowest BCUT2D eigenvalue weighted by molar-refractivity contribution is -0.137. The molecule has 0 spiro atoms. The molecule has 0 bridgehead atoms. The Morgan fingerprint density at radius 2 is 1.76 bits per heavy atom. The number of carbonyl (C=O) groups excluding carboxylic acids is 1. The first-order valence-electron chi connectivity index (χ1n) is 11.5. The number of carbonyl (C=O) groups is 2. The normalized spacial score (nSPS) is 21.4. The van der Waals surface area contributed by atoms with Gasteiger partial charge in [0.2, 0.25) is 5.91 Å². The molecule has 180 valence electrons. The number of allylic oxidation sites excluding steroid dienone is 1. The van der Waals surface area contributed by atoms with Crippen molar-refractivity contribution < 1.29 is 14.7 Å². The van der Waals surface area contributed by atoms with E-state index in [4.69, 9.17) is 22.3 Å². The van der Waals surface area contributed by atoms with Gasteiger partial charge in [0, 0.05) is 29.6 Å². The van der Waals surface area contributed by atoms with Crippen molar-refractivity contribution in [1.82, 2.24) is 5.32 Å². The number of hydrogen-bond donors (Lipinski definition) is 5. The molecule has 1 amide bonds. The minimum absolute atomic E-state index is 0.0821. The molecule has 1 aliphatic rings. The molecule has 0 saturated carbocycles. The summed E-state index contributed by atoms with van der Waals surface area (Å²) in [5.41, 5.74) is 21.7. The van der Waals surface area contributed by atoms with Crippen molar-refractivity contribution in [2.75, 3.05) is 6.54 Å². The third-order valence-corrected chi connectivity index (χ3v) is 6.55. The summed E-state index contributed by atoms with van der Waals surface area (Å²) < 4.78 is 0. The number of aliphatic carboxylic acids is 1. The number of rotatable bonds is 10. The van der Waals surface area contributed by atoms with E-state index in [0.717, 1.165) is 16.7 Å². The van der Waals surface area contributed by atoms with Crippen molar-refractivity contribution in [3.05, 3.63) is 95.2 Å². The summed E-state index contributed by atoms with van der Waals surface area (Å²) in [5, 5.41) is 11.9. The van der Waals surface area contributed by atoms with Crippen molar-refractivity contribution in [3.8, 4) is 0 Å². The standard InChI is InChI=1S/C27H34N4O3/c1-27(25(30)20-10-7-18(8-11-20)9-14-24(32)33)17-21(12-13-23(27)29)31-26(34)22(15-16-28)19-5-3-2-4-6-19/h2-8,10-13,17,22-23,25H,9,14-16,28-30H2,1H3,(H,31,34)(H,32,33). The van der Waals surface area contributed by atoms with Crippen molar-refractivity contribution in [3.63, 3.8) is 0 Å². The first kappa shape index (κ1) is 25.4. The molecular formula is C27H34N4O3. The van der Waals surface area contributed by atoms with Gasteiger partial charge in [0.05, 0.1) is 5.92 Å². The fourth-order valence-corrected chi connectivity index (χ4v) is 4.30. The van der Waals surface area contributed by atoms with E-state index in [2.05, 4.69) is 5.32 Å². The second kappa shape index (κ2) is 11.2. The number of hydrogen-bond acceptors (Lipinski definition) is 5. The zero-order chi connectivity index (χ0) is 24.7. The topological polar surface area (TPSA) is 144 Å². The molecule has 2 aromatic carbocycles. The molecule has 3 rings (SSSR count). The number of amides is 1. The van der Waals surface area contributed by atoms with Crippen molar-refractivity contribution in [2.45, 2.75) is 44.2 Å². The van der Waals surface area contributed by atoms with Gasteiger partial charge in [-0.25, -0.2) is 0 Å². The van der Waals surface area contributed by atoms with Gasteiger partial charge in [-0.1, -0.05) is 73.7 Å². The van der Waals surface area contributed by atoms with E-state index in [1.165, 1.54) is 0 Å². The van der Waals surface area contributed by atoms with Gasteiger partial charge in [0.1, 0.15) is 0 Å². The second-order valence-electron chi connectivity index (χ2n) is 8.99. The number of nitrogens with one attached hydrogen (secondary N) is 1. The van der Waals surface area contributed by atoms with Gasteiger partial charge < -0.3 is 27.6 Å². The van der Waals surface area contributed by atoms with E-state index in [0.29, 0.717) is 25.1 Å². The predicted octanol–water partition coefficient (Wildman–Crippen LogP) is 2.74. The van der Waals surface area contributed by atoms with Crippen LogP contribution < -0.4 is 22.5 Å². The van der Waals surface area contributed by atoms with Crippen LogP contribution in [0.25, 0.3) is 0 Å². The van der Waals surface area contributed by atoms with Crippen LogP contribution in [0.3, 0.4) is 0 Å². The van der Waals surface area contributed by atoms with Gasteiger partial charge in [-0.15, -0.1) is 0 Å². The number of carboxylic acids is 1. The van der Waals surface area contributed by atoms with E-state index in [-0.39, 0.29) is 24.3 Å². The first-order valence-corrected chi connectivity index (χ1v) is 11.5. The van der Waals surface area contributed by atoms with Crippen LogP contribution in [0.5, 0.6) is 0 Å². The van der Waals surface area contributed by atoms with E-state index in [9.17, 15) is 9.59 Å². The summed E-state index contributed by atoms with van der Waals surface area (Å²) in [4.78, 5) is 24.0. The highest BCUT2D eigenvalue weighted by Crippen LogP contribution is 2.39. The highest BCUT2D eigenvalue weighted by atomic mass is 16.4. The Kier molecular flexibility index (Phi) is 8.39. The minimum Gasteiger partial charge on any atom is -0.481 e. The Labute approximate surface area is 200 Å². The maximum Gasteiger partial charge on any atom is 0.303 e. The zero-order valence-corrected chi connectivity index (χ0v) is 19.5. The highest BCUT2D eigenvalue weighted by molar-refractivity contribution is 5.85. The van der Waals surface area contributed by atoms with Crippen LogP contribution >= 0.6 is 0 Å². The Morgan fingerprint density at radius 3 is 2.38 bits per heavy atom. The van der Waals surface area contributed by atoms with Crippen LogP contribution in [0.4, 0.5) is 0 Å². The molecule has 1 aliphatic carbocycles. The van der Waals surface area contributed by atoms with Crippen LogP contribution in [-0.2, 0) is 16.0 Å². The molecule has 34 heavy (non-hydrogen) atoms. The SMILES string of the molecule is CC1(C(N)c2ccc(CCC(=O)O)cc2)C=C(NC(=O)C(CCN)c2ccccc2)C=CC1N. The fraction of sp³-hybridized carbons (Fsp3) is 0.333. The van der Waals surface area contributed by atoms with Gasteiger partial charge in [-0.05, 0) is 42.2 Å². The van der Waals surface area contributed by atoms with E-state index < -0.39 is 17.4 Å². The van der Waals surface area contributed by atoms with Gasteiger partial charge in [0.25, 0.3) is 0 Å². The number of nitrogens with two attached hydrogens (primary N) is 3. The molecule has 0 aromatic heterocycles. The largest absolute Gasteiger partial charge is 0.481 e. The van der Waals surface area contributed by atoms with Crippen LogP contribution in [0, 0.1) is 5.41 Å².